The number of likely N-dealkylation sites (tertiary alicyclic amines) is 1. The summed E-state index contributed by atoms with van der Waals surface area (Å²) in [7, 11) is 0. The molecule has 0 aliphatic carbocycles. The molecule has 108 valence electrons. The van der Waals surface area contributed by atoms with Crippen molar-refractivity contribution in [3.8, 4) is 0 Å². The number of rotatable bonds is 2. The van der Waals surface area contributed by atoms with Crippen LogP contribution in [-0.4, -0.2) is 29.4 Å². The predicted molar refractivity (Wildman–Crippen MR) is 80.5 cm³/mol. The normalized spacial score (nSPS) is 29.3. The van der Waals surface area contributed by atoms with E-state index in [9.17, 15) is 4.79 Å². The van der Waals surface area contributed by atoms with Crippen LogP contribution in [0.25, 0.3) is 0 Å². The molecule has 1 saturated heterocycles. The minimum Gasteiger partial charge on any atom is -0.336 e. The molecule has 0 spiro atoms. The van der Waals surface area contributed by atoms with Crippen LogP contribution in [-0.2, 0) is 11.3 Å². The molecule has 0 radical (unpaired) electrons. The third-order valence-corrected chi connectivity index (χ3v) is 4.90. The fraction of sp³-hybridized carbons (Fsp3) is 0.588. The predicted octanol–water partition coefficient (Wildman–Crippen LogP) is 2.66. The summed E-state index contributed by atoms with van der Waals surface area (Å²) in [4.78, 5) is 15.2. The van der Waals surface area contributed by atoms with Gasteiger partial charge in [0.25, 0.3) is 0 Å². The Balaban J connectivity index is 1.88. The number of hydrogen-bond acceptors (Lipinski definition) is 2. The van der Waals surface area contributed by atoms with Gasteiger partial charge in [-0.1, -0.05) is 31.2 Å². The molecule has 1 aromatic carbocycles. The molecule has 0 aromatic heterocycles. The van der Waals surface area contributed by atoms with E-state index in [0.717, 1.165) is 32.4 Å². The number of nitrogens with one attached hydrogen (secondary N) is 1. The van der Waals surface area contributed by atoms with E-state index < -0.39 is 0 Å². The topological polar surface area (TPSA) is 32.3 Å². The van der Waals surface area contributed by atoms with Gasteiger partial charge in [0.15, 0.2) is 0 Å². The molecule has 3 atom stereocenters. The summed E-state index contributed by atoms with van der Waals surface area (Å²) in [5.74, 6) is 0.316. The Morgan fingerprint density at radius 2 is 2.15 bits per heavy atom. The van der Waals surface area contributed by atoms with Gasteiger partial charge in [-0.05, 0) is 37.3 Å². The Labute approximate surface area is 121 Å². The van der Waals surface area contributed by atoms with Crippen LogP contribution in [0, 0.1) is 0 Å². The van der Waals surface area contributed by atoms with Gasteiger partial charge < -0.3 is 10.2 Å². The summed E-state index contributed by atoms with van der Waals surface area (Å²) in [6.07, 6.45) is 3.37. The van der Waals surface area contributed by atoms with E-state index >= 15 is 0 Å². The van der Waals surface area contributed by atoms with Crippen molar-refractivity contribution in [2.45, 2.75) is 57.7 Å². The first-order chi connectivity index (χ1) is 9.72. The smallest absolute Gasteiger partial charge is 0.231 e. The van der Waals surface area contributed by atoms with E-state index in [1.54, 1.807) is 0 Å². The highest BCUT2D eigenvalue weighted by molar-refractivity contribution is 5.85. The summed E-state index contributed by atoms with van der Waals surface area (Å²) < 4.78 is 0. The number of carbonyl (C=O) groups excluding carboxylic acids is 1. The zero-order valence-corrected chi connectivity index (χ0v) is 12.4. The van der Waals surface area contributed by atoms with Crippen molar-refractivity contribution in [3.05, 3.63) is 35.4 Å². The van der Waals surface area contributed by atoms with Gasteiger partial charge in [-0.3, -0.25) is 4.79 Å². The van der Waals surface area contributed by atoms with Gasteiger partial charge in [0.1, 0.15) is 0 Å². The number of hydrogen-bond donors (Lipinski definition) is 1. The van der Waals surface area contributed by atoms with Crippen LogP contribution in [0.3, 0.4) is 0 Å². The van der Waals surface area contributed by atoms with E-state index in [4.69, 9.17) is 0 Å². The first-order valence-electron chi connectivity index (χ1n) is 7.83. The van der Waals surface area contributed by atoms with Gasteiger partial charge in [-0.15, -0.1) is 0 Å². The zero-order chi connectivity index (χ0) is 14.1. The average molecular weight is 272 g/mol. The lowest BCUT2D eigenvalue weighted by Crippen LogP contribution is -2.46. The highest BCUT2D eigenvalue weighted by Crippen LogP contribution is 2.32. The lowest BCUT2D eigenvalue weighted by atomic mass is 9.89. The number of carbonyl (C=O) groups is 1. The molecule has 20 heavy (non-hydrogen) atoms. The fourth-order valence-electron chi connectivity index (χ4n) is 3.77. The summed E-state index contributed by atoms with van der Waals surface area (Å²) >= 11 is 0. The standard InChI is InChI=1S/C17H24N2O/c1-3-14-9-8-12(2)19(14)17(20)16-11-18-10-13-6-4-5-7-15(13)16/h4-7,12,14,16,18H,3,8-11H2,1-2H3. The van der Waals surface area contributed by atoms with E-state index in [-0.39, 0.29) is 5.92 Å². The molecule has 0 bridgehead atoms. The maximum Gasteiger partial charge on any atom is 0.231 e. The molecule has 1 fully saturated rings. The largest absolute Gasteiger partial charge is 0.336 e. The van der Waals surface area contributed by atoms with Crippen LogP contribution >= 0.6 is 0 Å². The van der Waals surface area contributed by atoms with Crippen molar-refractivity contribution in [3.63, 3.8) is 0 Å². The highest BCUT2D eigenvalue weighted by atomic mass is 16.2. The van der Waals surface area contributed by atoms with E-state index in [2.05, 4.69) is 48.3 Å². The second kappa shape index (κ2) is 5.57. The van der Waals surface area contributed by atoms with Gasteiger partial charge in [0.05, 0.1) is 5.92 Å². The SMILES string of the molecule is CCC1CCC(C)N1C(=O)C1CNCc2ccccc21. The molecular weight excluding hydrogens is 248 g/mol. The minimum absolute atomic E-state index is 0.00505. The number of fused-ring (bicyclic) bond motifs is 1. The van der Waals surface area contributed by atoms with Crippen LogP contribution in [0.4, 0.5) is 0 Å². The lowest BCUT2D eigenvalue weighted by molar-refractivity contribution is -0.135. The van der Waals surface area contributed by atoms with Crippen molar-refractivity contribution in [1.29, 1.82) is 0 Å². The fourth-order valence-corrected chi connectivity index (χ4v) is 3.77. The van der Waals surface area contributed by atoms with Gasteiger partial charge in [0.2, 0.25) is 5.91 Å². The van der Waals surface area contributed by atoms with Crippen molar-refractivity contribution in [1.82, 2.24) is 10.2 Å². The Kier molecular flexibility index (Phi) is 3.79. The molecule has 1 amide bonds. The Morgan fingerprint density at radius 1 is 1.35 bits per heavy atom. The molecule has 3 unspecified atom stereocenters. The number of amides is 1. The first kappa shape index (κ1) is 13.6. The van der Waals surface area contributed by atoms with Gasteiger partial charge >= 0.3 is 0 Å². The maximum atomic E-state index is 13.0. The summed E-state index contributed by atoms with van der Waals surface area (Å²) in [6.45, 7) is 6.04. The second-order valence-electron chi connectivity index (χ2n) is 6.12. The van der Waals surface area contributed by atoms with Crippen LogP contribution in [0.5, 0.6) is 0 Å². The second-order valence-corrected chi connectivity index (χ2v) is 6.12. The van der Waals surface area contributed by atoms with Crippen LogP contribution < -0.4 is 5.32 Å². The molecule has 3 heteroatoms. The van der Waals surface area contributed by atoms with Gasteiger partial charge in [-0.2, -0.15) is 0 Å². The molecule has 1 aromatic rings. The van der Waals surface area contributed by atoms with Crippen molar-refractivity contribution in [2.75, 3.05) is 6.54 Å². The number of nitrogens with zero attached hydrogens (tertiary/aromatic N) is 1. The van der Waals surface area contributed by atoms with E-state index in [0.29, 0.717) is 18.0 Å². The molecule has 2 heterocycles. The first-order valence-corrected chi connectivity index (χ1v) is 7.83. The van der Waals surface area contributed by atoms with E-state index in [1.165, 1.54) is 11.1 Å². The third-order valence-electron chi connectivity index (χ3n) is 4.90. The van der Waals surface area contributed by atoms with Crippen molar-refractivity contribution in [2.24, 2.45) is 0 Å². The maximum absolute atomic E-state index is 13.0. The third kappa shape index (κ3) is 2.24. The number of benzene rings is 1. The lowest BCUT2D eigenvalue weighted by Gasteiger charge is -2.34. The minimum atomic E-state index is -0.00505. The molecule has 2 aliphatic heterocycles. The average Bonchev–Trinajstić information content (AvgIpc) is 2.87. The van der Waals surface area contributed by atoms with E-state index in [1.807, 2.05) is 0 Å². The monoisotopic (exact) mass is 272 g/mol. The molecule has 3 rings (SSSR count). The molecule has 3 nitrogen and oxygen atoms in total. The molecule has 2 aliphatic rings. The Hall–Kier alpha value is -1.35. The summed E-state index contributed by atoms with van der Waals surface area (Å²) in [5.41, 5.74) is 2.50. The van der Waals surface area contributed by atoms with Gasteiger partial charge in [0, 0.05) is 25.2 Å². The van der Waals surface area contributed by atoms with Crippen molar-refractivity contribution < 1.29 is 4.79 Å². The molecule has 1 N–H and O–H groups in total. The van der Waals surface area contributed by atoms with Crippen LogP contribution in [0.1, 0.15) is 50.2 Å². The van der Waals surface area contributed by atoms with Crippen LogP contribution in [0.15, 0.2) is 24.3 Å². The zero-order valence-electron chi connectivity index (χ0n) is 12.4. The molecular formula is C17H24N2O. The quantitative estimate of drug-likeness (QED) is 0.897. The summed E-state index contributed by atoms with van der Waals surface area (Å²) in [6, 6.07) is 9.19. The van der Waals surface area contributed by atoms with Crippen molar-refractivity contribution >= 4 is 5.91 Å². The summed E-state index contributed by atoms with van der Waals surface area (Å²) in [5, 5.41) is 3.40. The Morgan fingerprint density at radius 3 is 2.95 bits per heavy atom. The Bertz CT molecular complexity index is 500. The van der Waals surface area contributed by atoms with Crippen LogP contribution in [0.2, 0.25) is 0 Å². The van der Waals surface area contributed by atoms with Gasteiger partial charge in [-0.25, -0.2) is 0 Å². The highest BCUT2D eigenvalue weighted by Gasteiger charge is 2.38. The molecule has 0 saturated carbocycles.